The zero-order valence-electron chi connectivity index (χ0n) is 16.1. The van der Waals surface area contributed by atoms with Crippen LogP contribution in [0.25, 0.3) is 22.2 Å². The summed E-state index contributed by atoms with van der Waals surface area (Å²) in [6.45, 7) is 1.79. The van der Waals surface area contributed by atoms with Gasteiger partial charge in [0, 0.05) is 28.0 Å². The van der Waals surface area contributed by atoms with Crippen molar-refractivity contribution in [2.45, 2.75) is 13.3 Å². The Kier molecular flexibility index (Phi) is 5.72. The summed E-state index contributed by atoms with van der Waals surface area (Å²) in [7, 11) is 0. The first kappa shape index (κ1) is 20.0. The smallest absolute Gasteiger partial charge is 0.224 e. The molecule has 0 bridgehead atoms. The molecule has 0 radical (unpaired) electrons. The van der Waals surface area contributed by atoms with Crippen molar-refractivity contribution in [3.05, 3.63) is 77.3 Å². The number of hydrogen-bond donors (Lipinski definition) is 2. The third-order valence-corrected chi connectivity index (χ3v) is 5.10. The Hall–Kier alpha value is -3.32. The van der Waals surface area contributed by atoms with Crippen LogP contribution in [0.3, 0.4) is 0 Å². The molecule has 0 unspecified atom stereocenters. The molecule has 0 fully saturated rings. The summed E-state index contributed by atoms with van der Waals surface area (Å²) in [6, 6.07) is 16.0. The van der Waals surface area contributed by atoms with Crippen molar-refractivity contribution in [1.29, 1.82) is 0 Å². The second-order valence-corrected chi connectivity index (χ2v) is 7.56. The van der Waals surface area contributed by atoms with E-state index in [1.807, 2.05) is 24.3 Å². The van der Waals surface area contributed by atoms with E-state index in [0.29, 0.717) is 29.1 Å². The van der Waals surface area contributed by atoms with E-state index in [-0.39, 0.29) is 11.7 Å². The van der Waals surface area contributed by atoms with E-state index in [0.717, 1.165) is 21.1 Å². The molecule has 0 spiro atoms. The minimum atomic E-state index is -0.355. The Bertz CT molecular complexity index is 1250. The summed E-state index contributed by atoms with van der Waals surface area (Å²) in [5.41, 5.74) is 3.62. The Balaban J connectivity index is 1.84. The number of benzene rings is 2. The Morgan fingerprint density at radius 1 is 1.07 bits per heavy atom. The highest BCUT2D eigenvalue weighted by molar-refractivity contribution is 9.10. The minimum absolute atomic E-state index is 0.109. The summed E-state index contributed by atoms with van der Waals surface area (Å²) >= 11 is 3.40. The van der Waals surface area contributed by atoms with E-state index in [4.69, 9.17) is 0 Å². The fraction of sp³-hybridized carbons (Fsp3) is 0.0870. The lowest BCUT2D eigenvalue weighted by atomic mass is 10.1. The highest BCUT2D eigenvalue weighted by Crippen LogP contribution is 2.34. The number of fused-ring (bicyclic) bond motifs is 1. The van der Waals surface area contributed by atoms with Crippen molar-refractivity contribution in [3.8, 4) is 11.3 Å². The van der Waals surface area contributed by atoms with Crippen molar-refractivity contribution in [3.63, 3.8) is 0 Å². The van der Waals surface area contributed by atoms with Gasteiger partial charge in [-0.2, -0.15) is 0 Å². The number of anilines is 3. The van der Waals surface area contributed by atoms with Gasteiger partial charge >= 0.3 is 0 Å². The van der Waals surface area contributed by atoms with Gasteiger partial charge in [-0.3, -0.25) is 9.78 Å². The molecule has 0 saturated heterocycles. The number of nitrogens with zero attached hydrogens (tertiary/aromatic N) is 2. The molecule has 5 nitrogen and oxygen atoms in total. The molecule has 0 saturated carbocycles. The van der Waals surface area contributed by atoms with Gasteiger partial charge in [0.25, 0.3) is 0 Å². The first-order chi connectivity index (χ1) is 14.5. The van der Waals surface area contributed by atoms with Crippen LogP contribution in [0.15, 0.2) is 71.5 Å². The lowest BCUT2D eigenvalue weighted by Crippen LogP contribution is -2.11. The van der Waals surface area contributed by atoms with Gasteiger partial charge in [0.15, 0.2) is 0 Å². The fourth-order valence-corrected chi connectivity index (χ4v) is 3.46. The molecule has 2 aromatic heterocycles. The van der Waals surface area contributed by atoms with Crippen molar-refractivity contribution in [2.24, 2.45) is 0 Å². The molecule has 2 N–H and O–H groups in total. The van der Waals surface area contributed by atoms with Crippen LogP contribution in [0, 0.1) is 5.82 Å². The Morgan fingerprint density at radius 3 is 2.73 bits per heavy atom. The van der Waals surface area contributed by atoms with Gasteiger partial charge in [0.1, 0.15) is 5.82 Å². The minimum Gasteiger partial charge on any atom is -0.353 e. The van der Waals surface area contributed by atoms with Crippen molar-refractivity contribution in [1.82, 2.24) is 9.97 Å². The topological polar surface area (TPSA) is 66.9 Å². The third kappa shape index (κ3) is 4.16. The van der Waals surface area contributed by atoms with Crippen LogP contribution in [0.4, 0.5) is 21.5 Å². The quantitative estimate of drug-likeness (QED) is 0.364. The van der Waals surface area contributed by atoms with Gasteiger partial charge in [0.05, 0.1) is 34.5 Å². The van der Waals surface area contributed by atoms with E-state index in [2.05, 4.69) is 36.5 Å². The van der Waals surface area contributed by atoms with Gasteiger partial charge in [-0.1, -0.05) is 41.1 Å². The van der Waals surface area contributed by atoms with E-state index in [1.54, 1.807) is 43.6 Å². The number of carbonyl (C=O) groups excluding carboxylic acids is 1. The molecule has 150 valence electrons. The fourth-order valence-electron chi connectivity index (χ4n) is 3.10. The lowest BCUT2D eigenvalue weighted by Gasteiger charge is -2.15. The van der Waals surface area contributed by atoms with Gasteiger partial charge in [-0.25, -0.2) is 9.37 Å². The number of amides is 1. The van der Waals surface area contributed by atoms with Crippen LogP contribution in [0.5, 0.6) is 0 Å². The van der Waals surface area contributed by atoms with E-state index >= 15 is 0 Å². The zero-order chi connectivity index (χ0) is 21.1. The zero-order valence-corrected chi connectivity index (χ0v) is 17.7. The highest BCUT2D eigenvalue weighted by atomic mass is 79.9. The van der Waals surface area contributed by atoms with Gasteiger partial charge in [-0.05, 0) is 36.4 Å². The maximum atomic E-state index is 14.5. The number of hydrogen-bond acceptors (Lipinski definition) is 4. The molecular weight excluding hydrogens is 447 g/mol. The first-order valence-electron chi connectivity index (χ1n) is 9.41. The van der Waals surface area contributed by atoms with Crippen molar-refractivity contribution >= 4 is 49.8 Å². The van der Waals surface area contributed by atoms with Gasteiger partial charge in [-0.15, -0.1) is 0 Å². The summed E-state index contributed by atoms with van der Waals surface area (Å²) in [4.78, 5) is 20.6. The summed E-state index contributed by atoms with van der Waals surface area (Å²) in [5, 5.41) is 7.08. The molecule has 2 heterocycles. The second-order valence-electron chi connectivity index (χ2n) is 6.64. The van der Waals surface area contributed by atoms with E-state index < -0.39 is 0 Å². The predicted molar refractivity (Wildman–Crippen MR) is 121 cm³/mol. The Morgan fingerprint density at radius 2 is 1.90 bits per heavy atom. The van der Waals surface area contributed by atoms with Crippen LogP contribution in [-0.2, 0) is 4.79 Å². The maximum absolute atomic E-state index is 14.5. The molecule has 0 atom stereocenters. The third-order valence-electron chi connectivity index (χ3n) is 4.61. The van der Waals surface area contributed by atoms with Gasteiger partial charge < -0.3 is 10.6 Å². The maximum Gasteiger partial charge on any atom is 0.224 e. The molecule has 0 aliphatic carbocycles. The lowest BCUT2D eigenvalue weighted by molar-refractivity contribution is -0.115. The van der Waals surface area contributed by atoms with E-state index in [9.17, 15) is 9.18 Å². The van der Waals surface area contributed by atoms with Crippen LogP contribution in [0.1, 0.15) is 13.3 Å². The highest BCUT2D eigenvalue weighted by Gasteiger charge is 2.13. The number of nitrogens with one attached hydrogen (secondary N) is 2. The normalized spacial score (nSPS) is 10.8. The summed E-state index contributed by atoms with van der Waals surface area (Å²) in [6.07, 6.45) is 3.59. The molecule has 2 aromatic carbocycles. The number of pyridine rings is 2. The van der Waals surface area contributed by atoms with E-state index in [1.165, 1.54) is 6.07 Å². The van der Waals surface area contributed by atoms with Crippen LogP contribution in [0.2, 0.25) is 0 Å². The molecule has 1 amide bonds. The number of aromatic nitrogens is 2. The molecule has 4 aromatic rings. The second kappa shape index (κ2) is 8.59. The molecular formula is C23H18BrFN4O. The van der Waals surface area contributed by atoms with Crippen LogP contribution >= 0.6 is 15.9 Å². The average Bonchev–Trinajstić information content (AvgIpc) is 2.76. The summed E-state index contributed by atoms with van der Waals surface area (Å²) < 4.78 is 15.3. The monoisotopic (exact) mass is 464 g/mol. The number of carbonyl (C=O) groups is 1. The van der Waals surface area contributed by atoms with Crippen LogP contribution < -0.4 is 10.6 Å². The molecule has 7 heteroatoms. The molecule has 4 rings (SSSR count). The molecule has 0 aliphatic rings. The first-order valence-corrected chi connectivity index (χ1v) is 10.2. The molecule has 30 heavy (non-hydrogen) atoms. The van der Waals surface area contributed by atoms with Crippen molar-refractivity contribution < 1.29 is 9.18 Å². The summed E-state index contributed by atoms with van der Waals surface area (Å²) in [5.74, 6) is -0.464. The van der Waals surface area contributed by atoms with Crippen LogP contribution in [-0.4, -0.2) is 15.9 Å². The van der Waals surface area contributed by atoms with Crippen molar-refractivity contribution in [2.75, 3.05) is 10.6 Å². The number of para-hydroxylation sites is 1. The Labute approximate surface area is 181 Å². The SMILES string of the molecule is CCC(=O)Nc1cnccc1Nc1cc(-c2cc(Br)ccc2F)nc2ccccc12. The largest absolute Gasteiger partial charge is 0.353 e. The average molecular weight is 465 g/mol. The number of rotatable bonds is 5. The predicted octanol–water partition coefficient (Wildman–Crippen LogP) is 6.29. The number of halogens is 2. The van der Waals surface area contributed by atoms with Gasteiger partial charge in [0.2, 0.25) is 5.91 Å². The standard InChI is InChI=1S/C23H18BrFN4O/c1-2-23(30)29-22-13-26-10-9-19(22)28-20-12-21(16-11-14(24)7-8-17(16)25)27-18-6-4-3-5-15(18)20/h3-13H,2H2,1H3,(H,29,30)(H,26,27,28). The molecule has 0 aliphatic heterocycles.